The van der Waals surface area contributed by atoms with E-state index in [1.165, 1.54) is 0 Å². The second-order valence-corrected chi connectivity index (χ2v) is 3.71. The van der Waals surface area contributed by atoms with Crippen molar-refractivity contribution in [1.29, 1.82) is 0 Å². The van der Waals surface area contributed by atoms with Crippen LogP contribution < -0.4 is 5.73 Å². The molecule has 2 aromatic heterocycles. The number of nitrogen functional groups attached to an aromatic ring is 1. The molecule has 0 amide bonds. The maximum absolute atomic E-state index is 5.81. The predicted molar refractivity (Wildman–Crippen MR) is 62.8 cm³/mol. The van der Waals surface area contributed by atoms with Gasteiger partial charge in [0.25, 0.3) is 0 Å². The summed E-state index contributed by atoms with van der Waals surface area (Å²) in [5.74, 6) is 1.30. The molecule has 4 heteroatoms. The Bertz CT molecular complexity index is 451. The van der Waals surface area contributed by atoms with Crippen molar-refractivity contribution in [1.82, 2.24) is 10.1 Å². The highest BCUT2D eigenvalue weighted by atomic mass is 16.5. The van der Waals surface area contributed by atoms with Gasteiger partial charge in [-0.25, -0.2) is 0 Å². The quantitative estimate of drug-likeness (QED) is 0.855. The molecular formula is C12H15N3O. The third-order valence-corrected chi connectivity index (χ3v) is 2.50. The molecule has 0 fully saturated rings. The fourth-order valence-corrected chi connectivity index (χ4v) is 1.67. The maximum Gasteiger partial charge on any atom is 0.175 e. The molecule has 2 rings (SSSR count). The summed E-state index contributed by atoms with van der Waals surface area (Å²) in [4.78, 5) is 4.08. The van der Waals surface area contributed by atoms with Crippen LogP contribution in [0, 0.1) is 0 Å². The van der Waals surface area contributed by atoms with Gasteiger partial charge in [0.1, 0.15) is 5.76 Å². The van der Waals surface area contributed by atoms with Crippen molar-refractivity contribution < 1.29 is 4.52 Å². The Labute approximate surface area is 94.5 Å². The molecule has 0 saturated heterocycles. The average molecular weight is 217 g/mol. The summed E-state index contributed by atoms with van der Waals surface area (Å²) in [5, 5.41) is 3.82. The summed E-state index contributed by atoms with van der Waals surface area (Å²) < 4.78 is 5.25. The van der Waals surface area contributed by atoms with Gasteiger partial charge in [-0.3, -0.25) is 4.98 Å². The van der Waals surface area contributed by atoms with Crippen molar-refractivity contribution >= 4 is 5.82 Å². The SMILES string of the molecule is CCCCc1onc(N)c1-c1cccnc1. The first-order chi connectivity index (χ1) is 7.83. The largest absolute Gasteiger partial charge is 0.380 e. The number of nitrogens with zero attached hydrogens (tertiary/aromatic N) is 2. The van der Waals surface area contributed by atoms with Gasteiger partial charge in [0.05, 0.1) is 5.56 Å². The van der Waals surface area contributed by atoms with Gasteiger partial charge in [0.15, 0.2) is 5.82 Å². The summed E-state index contributed by atoms with van der Waals surface area (Å²) in [5.41, 5.74) is 7.67. The number of unbranched alkanes of at least 4 members (excludes halogenated alkanes) is 1. The second-order valence-electron chi connectivity index (χ2n) is 3.71. The molecule has 0 aliphatic rings. The highest BCUT2D eigenvalue weighted by Crippen LogP contribution is 2.29. The summed E-state index contributed by atoms with van der Waals surface area (Å²) in [6.45, 7) is 2.14. The molecule has 4 nitrogen and oxygen atoms in total. The molecule has 0 spiro atoms. The minimum atomic E-state index is 0.444. The lowest BCUT2D eigenvalue weighted by Gasteiger charge is -2.00. The maximum atomic E-state index is 5.81. The summed E-state index contributed by atoms with van der Waals surface area (Å²) in [7, 11) is 0. The number of rotatable bonds is 4. The Morgan fingerprint density at radius 3 is 3.00 bits per heavy atom. The fourth-order valence-electron chi connectivity index (χ4n) is 1.67. The Morgan fingerprint density at radius 2 is 2.31 bits per heavy atom. The summed E-state index contributed by atoms with van der Waals surface area (Å²) >= 11 is 0. The third kappa shape index (κ3) is 2.05. The van der Waals surface area contributed by atoms with E-state index < -0.39 is 0 Å². The van der Waals surface area contributed by atoms with Crippen LogP contribution in [0.4, 0.5) is 5.82 Å². The van der Waals surface area contributed by atoms with Crippen LogP contribution in [0.1, 0.15) is 25.5 Å². The lowest BCUT2D eigenvalue weighted by molar-refractivity contribution is 0.383. The molecule has 2 N–H and O–H groups in total. The van der Waals surface area contributed by atoms with Gasteiger partial charge in [0.2, 0.25) is 0 Å². The Hall–Kier alpha value is -1.84. The van der Waals surface area contributed by atoms with Crippen molar-refractivity contribution in [2.45, 2.75) is 26.2 Å². The zero-order chi connectivity index (χ0) is 11.4. The molecule has 0 unspecified atom stereocenters. The monoisotopic (exact) mass is 217 g/mol. The van der Waals surface area contributed by atoms with E-state index in [1.54, 1.807) is 12.4 Å². The van der Waals surface area contributed by atoms with Crippen molar-refractivity contribution in [3.63, 3.8) is 0 Å². The predicted octanol–water partition coefficient (Wildman–Crippen LogP) is 2.66. The minimum absolute atomic E-state index is 0.444. The number of pyridine rings is 1. The van der Waals surface area contributed by atoms with Crippen LogP contribution in [0.15, 0.2) is 29.0 Å². The lowest BCUT2D eigenvalue weighted by Crippen LogP contribution is -1.91. The molecular weight excluding hydrogens is 202 g/mol. The molecule has 16 heavy (non-hydrogen) atoms. The molecule has 0 radical (unpaired) electrons. The fraction of sp³-hybridized carbons (Fsp3) is 0.333. The van der Waals surface area contributed by atoms with Crippen LogP contribution in [0.3, 0.4) is 0 Å². The van der Waals surface area contributed by atoms with Crippen LogP contribution >= 0.6 is 0 Å². The van der Waals surface area contributed by atoms with Gasteiger partial charge in [-0.15, -0.1) is 0 Å². The third-order valence-electron chi connectivity index (χ3n) is 2.50. The van der Waals surface area contributed by atoms with Gasteiger partial charge >= 0.3 is 0 Å². The normalized spacial score (nSPS) is 10.6. The lowest BCUT2D eigenvalue weighted by atomic mass is 10.0. The highest BCUT2D eigenvalue weighted by Gasteiger charge is 2.14. The van der Waals surface area contributed by atoms with Crippen molar-refractivity contribution in [3.05, 3.63) is 30.3 Å². The number of hydrogen-bond acceptors (Lipinski definition) is 4. The van der Waals surface area contributed by atoms with Crippen LogP contribution in [0.25, 0.3) is 11.1 Å². The zero-order valence-corrected chi connectivity index (χ0v) is 9.31. The number of nitrogens with two attached hydrogens (primary N) is 1. The molecule has 2 aromatic rings. The second kappa shape index (κ2) is 4.79. The molecule has 0 aliphatic heterocycles. The molecule has 84 valence electrons. The first kappa shape index (κ1) is 10.7. The van der Waals surface area contributed by atoms with Gasteiger partial charge < -0.3 is 10.3 Å². The van der Waals surface area contributed by atoms with E-state index in [2.05, 4.69) is 17.1 Å². The standard InChI is InChI=1S/C12H15N3O/c1-2-3-6-10-11(12(13)15-16-10)9-5-4-7-14-8-9/h4-5,7-8H,2-3,6H2,1H3,(H2,13,15). The first-order valence-corrected chi connectivity index (χ1v) is 5.47. The van der Waals surface area contributed by atoms with E-state index in [9.17, 15) is 0 Å². The molecule has 0 atom stereocenters. The molecule has 0 aromatic carbocycles. The average Bonchev–Trinajstić information content (AvgIpc) is 2.69. The van der Waals surface area contributed by atoms with Crippen molar-refractivity contribution in [2.75, 3.05) is 5.73 Å². The van der Waals surface area contributed by atoms with E-state index in [0.29, 0.717) is 5.82 Å². The van der Waals surface area contributed by atoms with Crippen molar-refractivity contribution in [2.24, 2.45) is 0 Å². The number of anilines is 1. The van der Waals surface area contributed by atoms with Gasteiger partial charge in [-0.05, 0) is 12.5 Å². The van der Waals surface area contributed by atoms with E-state index in [4.69, 9.17) is 10.3 Å². The Kier molecular flexibility index (Phi) is 3.19. The number of aromatic nitrogens is 2. The van der Waals surface area contributed by atoms with Crippen molar-refractivity contribution in [3.8, 4) is 11.1 Å². The zero-order valence-electron chi connectivity index (χ0n) is 9.31. The highest BCUT2D eigenvalue weighted by molar-refractivity contribution is 5.74. The van der Waals surface area contributed by atoms with Crippen LogP contribution in [-0.2, 0) is 6.42 Å². The molecule has 0 saturated carbocycles. The molecule has 0 bridgehead atoms. The number of aryl methyl sites for hydroxylation is 1. The first-order valence-electron chi connectivity index (χ1n) is 5.47. The van der Waals surface area contributed by atoms with Crippen LogP contribution in [0.2, 0.25) is 0 Å². The Morgan fingerprint density at radius 1 is 1.44 bits per heavy atom. The van der Waals surface area contributed by atoms with Gasteiger partial charge in [0, 0.05) is 24.4 Å². The summed E-state index contributed by atoms with van der Waals surface area (Å²) in [6.07, 6.45) is 6.57. The topological polar surface area (TPSA) is 64.9 Å². The van der Waals surface area contributed by atoms with E-state index in [-0.39, 0.29) is 0 Å². The summed E-state index contributed by atoms with van der Waals surface area (Å²) in [6, 6.07) is 3.84. The smallest absolute Gasteiger partial charge is 0.175 e. The van der Waals surface area contributed by atoms with Gasteiger partial charge in [-0.2, -0.15) is 0 Å². The van der Waals surface area contributed by atoms with E-state index in [1.807, 2.05) is 12.1 Å². The Balaban J connectivity index is 2.35. The number of hydrogen-bond donors (Lipinski definition) is 1. The van der Waals surface area contributed by atoms with E-state index in [0.717, 1.165) is 36.1 Å². The van der Waals surface area contributed by atoms with Gasteiger partial charge in [-0.1, -0.05) is 24.6 Å². The van der Waals surface area contributed by atoms with Crippen LogP contribution in [-0.4, -0.2) is 10.1 Å². The van der Waals surface area contributed by atoms with Crippen LogP contribution in [0.5, 0.6) is 0 Å². The molecule has 2 heterocycles. The van der Waals surface area contributed by atoms with E-state index >= 15 is 0 Å². The molecule has 0 aliphatic carbocycles. The minimum Gasteiger partial charge on any atom is -0.380 e.